The first-order chi connectivity index (χ1) is 9.95. The standard InChI is InChI=1S/C15H16FN3O2/c1-9(13-6-5-12(20)8-14(13)16)18-10-3-2-4-11(7-10)19-15(17)21/h2-9,18,20H,1H3,(H3,17,19,21). The third kappa shape index (κ3) is 3.85. The Morgan fingerprint density at radius 1 is 1.24 bits per heavy atom. The van der Waals surface area contributed by atoms with Crippen LogP contribution in [0, 0.1) is 5.82 Å². The molecule has 0 aliphatic heterocycles. The molecule has 5 N–H and O–H groups in total. The van der Waals surface area contributed by atoms with E-state index in [2.05, 4.69) is 10.6 Å². The van der Waals surface area contributed by atoms with Crippen LogP contribution in [0.5, 0.6) is 5.75 Å². The zero-order valence-electron chi connectivity index (χ0n) is 11.4. The summed E-state index contributed by atoms with van der Waals surface area (Å²) in [5.74, 6) is -0.600. The van der Waals surface area contributed by atoms with E-state index in [0.29, 0.717) is 16.9 Å². The van der Waals surface area contributed by atoms with Crippen LogP contribution >= 0.6 is 0 Å². The zero-order valence-corrected chi connectivity index (χ0v) is 11.4. The van der Waals surface area contributed by atoms with Crippen LogP contribution in [0.3, 0.4) is 0 Å². The van der Waals surface area contributed by atoms with Gasteiger partial charge in [0.1, 0.15) is 11.6 Å². The molecule has 0 heterocycles. The van der Waals surface area contributed by atoms with Gasteiger partial charge in [-0.25, -0.2) is 9.18 Å². The summed E-state index contributed by atoms with van der Waals surface area (Å²) in [6, 6.07) is 9.99. The van der Waals surface area contributed by atoms with Gasteiger partial charge in [0.2, 0.25) is 0 Å². The molecule has 5 nitrogen and oxygen atoms in total. The maximum absolute atomic E-state index is 13.8. The van der Waals surface area contributed by atoms with Gasteiger partial charge in [-0.1, -0.05) is 12.1 Å². The number of hydrogen-bond donors (Lipinski definition) is 4. The lowest BCUT2D eigenvalue weighted by Gasteiger charge is -2.17. The summed E-state index contributed by atoms with van der Waals surface area (Å²) in [6.07, 6.45) is 0. The molecule has 110 valence electrons. The van der Waals surface area contributed by atoms with Crippen molar-refractivity contribution < 1.29 is 14.3 Å². The number of rotatable bonds is 4. The summed E-state index contributed by atoms with van der Waals surface area (Å²) in [7, 11) is 0. The van der Waals surface area contributed by atoms with E-state index in [1.807, 2.05) is 0 Å². The molecule has 0 saturated carbocycles. The molecule has 2 rings (SSSR count). The number of urea groups is 1. The molecule has 2 amide bonds. The minimum absolute atomic E-state index is 0.115. The quantitative estimate of drug-likeness (QED) is 0.697. The second kappa shape index (κ2) is 6.13. The van der Waals surface area contributed by atoms with Crippen LogP contribution in [-0.4, -0.2) is 11.1 Å². The van der Waals surface area contributed by atoms with Crippen LogP contribution < -0.4 is 16.4 Å². The maximum Gasteiger partial charge on any atom is 0.316 e. The Bertz CT molecular complexity index is 661. The number of phenolic OH excluding ortho intramolecular Hbond substituents is 1. The summed E-state index contributed by atoms with van der Waals surface area (Å²) in [5.41, 5.74) is 6.75. The lowest BCUT2D eigenvalue weighted by Crippen LogP contribution is -2.19. The Kier molecular flexibility index (Phi) is 4.27. The molecule has 0 aliphatic carbocycles. The molecular weight excluding hydrogens is 273 g/mol. The van der Waals surface area contributed by atoms with Crippen molar-refractivity contribution in [1.29, 1.82) is 0 Å². The van der Waals surface area contributed by atoms with Crippen LogP contribution in [0.2, 0.25) is 0 Å². The molecule has 0 aliphatic rings. The fourth-order valence-electron chi connectivity index (χ4n) is 2.02. The summed E-state index contributed by atoms with van der Waals surface area (Å²) in [4.78, 5) is 10.8. The molecule has 2 aromatic carbocycles. The minimum atomic E-state index is -0.648. The Hall–Kier alpha value is -2.76. The van der Waals surface area contributed by atoms with Gasteiger partial charge in [0.15, 0.2) is 0 Å². The molecule has 0 aromatic heterocycles. The maximum atomic E-state index is 13.8. The number of carbonyl (C=O) groups is 1. The fourth-order valence-corrected chi connectivity index (χ4v) is 2.02. The molecule has 6 heteroatoms. The molecule has 0 saturated heterocycles. The number of amides is 2. The van der Waals surface area contributed by atoms with Crippen molar-refractivity contribution in [3.63, 3.8) is 0 Å². The van der Waals surface area contributed by atoms with Gasteiger partial charge >= 0.3 is 6.03 Å². The Balaban J connectivity index is 2.15. The largest absolute Gasteiger partial charge is 0.508 e. The van der Waals surface area contributed by atoms with Gasteiger partial charge in [-0.15, -0.1) is 0 Å². The van der Waals surface area contributed by atoms with Gasteiger partial charge in [0.05, 0.1) is 6.04 Å². The topological polar surface area (TPSA) is 87.4 Å². The Morgan fingerprint density at radius 3 is 2.62 bits per heavy atom. The van der Waals surface area contributed by atoms with Crippen molar-refractivity contribution in [2.45, 2.75) is 13.0 Å². The van der Waals surface area contributed by atoms with E-state index in [1.165, 1.54) is 12.1 Å². The number of anilines is 2. The third-order valence-corrected chi connectivity index (χ3v) is 2.96. The highest BCUT2D eigenvalue weighted by Gasteiger charge is 2.11. The molecule has 21 heavy (non-hydrogen) atoms. The summed E-state index contributed by atoms with van der Waals surface area (Å²) in [5, 5.41) is 14.8. The smallest absolute Gasteiger partial charge is 0.316 e. The predicted molar refractivity (Wildman–Crippen MR) is 79.8 cm³/mol. The monoisotopic (exact) mass is 289 g/mol. The van der Waals surface area contributed by atoms with E-state index in [9.17, 15) is 14.3 Å². The SMILES string of the molecule is CC(Nc1cccc(NC(N)=O)c1)c1ccc(O)cc1F. The van der Waals surface area contributed by atoms with Crippen LogP contribution in [0.25, 0.3) is 0 Å². The van der Waals surface area contributed by atoms with Gasteiger partial charge in [-0.05, 0) is 31.2 Å². The molecule has 1 atom stereocenters. The molecule has 0 fully saturated rings. The molecular formula is C15H16FN3O2. The summed E-state index contributed by atoms with van der Waals surface area (Å²) in [6.45, 7) is 1.80. The summed E-state index contributed by atoms with van der Waals surface area (Å²) >= 11 is 0. The van der Waals surface area contributed by atoms with Crippen LogP contribution in [0.4, 0.5) is 20.6 Å². The minimum Gasteiger partial charge on any atom is -0.508 e. The number of aromatic hydroxyl groups is 1. The highest BCUT2D eigenvalue weighted by atomic mass is 19.1. The van der Waals surface area contributed by atoms with Crippen molar-refractivity contribution >= 4 is 17.4 Å². The highest BCUT2D eigenvalue weighted by Crippen LogP contribution is 2.25. The van der Waals surface area contributed by atoms with Crippen LogP contribution in [-0.2, 0) is 0 Å². The first-order valence-corrected chi connectivity index (χ1v) is 6.37. The second-order valence-electron chi connectivity index (χ2n) is 4.64. The van der Waals surface area contributed by atoms with Crippen molar-refractivity contribution in [2.75, 3.05) is 10.6 Å². The van der Waals surface area contributed by atoms with Gasteiger partial charge in [0, 0.05) is 23.0 Å². The highest BCUT2D eigenvalue weighted by molar-refractivity contribution is 5.88. The van der Waals surface area contributed by atoms with E-state index in [4.69, 9.17) is 5.73 Å². The van der Waals surface area contributed by atoms with Crippen molar-refractivity contribution in [3.8, 4) is 5.75 Å². The zero-order chi connectivity index (χ0) is 15.4. The Labute approximate surface area is 121 Å². The van der Waals surface area contributed by atoms with Crippen molar-refractivity contribution in [3.05, 3.63) is 53.8 Å². The molecule has 2 aromatic rings. The lowest BCUT2D eigenvalue weighted by molar-refractivity contribution is 0.259. The normalized spacial score (nSPS) is 11.7. The van der Waals surface area contributed by atoms with Crippen molar-refractivity contribution in [1.82, 2.24) is 0 Å². The van der Waals surface area contributed by atoms with E-state index < -0.39 is 11.8 Å². The number of benzene rings is 2. The summed E-state index contributed by atoms with van der Waals surface area (Å²) < 4.78 is 13.8. The molecule has 1 unspecified atom stereocenters. The number of primary amides is 1. The number of hydrogen-bond acceptors (Lipinski definition) is 3. The average Bonchev–Trinajstić information content (AvgIpc) is 2.37. The van der Waals surface area contributed by atoms with E-state index in [1.54, 1.807) is 31.2 Å². The number of halogens is 1. The second-order valence-corrected chi connectivity index (χ2v) is 4.64. The number of carbonyl (C=O) groups excluding carboxylic acids is 1. The third-order valence-electron chi connectivity index (χ3n) is 2.96. The van der Waals surface area contributed by atoms with Gasteiger partial charge in [-0.3, -0.25) is 0 Å². The number of nitrogens with one attached hydrogen (secondary N) is 2. The van der Waals surface area contributed by atoms with Gasteiger partial charge in [0.25, 0.3) is 0 Å². The van der Waals surface area contributed by atoms with Crippen molar-refractivity contribution in [2.24, 2.45) is 5.73 Å². The fraction of sp³-hybridized carbons (Fsp3) is 0.133. The van der Waals surface area contributed by atoms with Gasteiger partial charge < -0.3 is 21.5 Å². The first kappa shape index (κ1) is 14.6. The first-order valence-electron chi connectivity index (χ1n) is 6.37. The van der Waals surface area contributed by atoms with Crippen LogP contribution in [0.15, 0.2) is 42.5 Å². The number of nitrogens with two attached hydrogens (primary N) is 1. The average molecular weight is 289 g/mol. The molecule has 0 bridgehead atoms. The van der Waals surface area contributed by atoms with E-state index in [-0.39, 0.29) is 11.8 Å². The van der Waals surface area contributed by atoms with E-state index >= 15 is 0 Å². The molecule has 0 radical (unpaired) electrons. The van der Waals surface area contributed by atoms with Gasteiger partial charge in [-0.2, -0.15) is 0 Å². The van der Waals surface area contributed by atoms with E-state index in [0.717, 1.165) is 6.07 Å². The molecule has 0 spiro atoms. The Morgan fingerprint density at radius 2 is 1.95 bits per heavy atom. The lowest BCUT2D eigenvalue weighted by atomic mass is 10.1. The number of phenols is 1. The van der Waals surface area contributed by atoms with Crippen LogP contribution in [0.1, 0.15) is 18.5 Å². The predicted octanol–water partition coefficient (Wildman–Crippen LogP) is 3.20.